The Labute approximate surface area is 156 Å². The van der Waals surface area contributed by atoms with E-state index in [1.165, 1.54) is 5.56 Å². The Hall–Kier alpha value is -3.21. The first kappa shape index (κ1) is 16.0. The van der Waals surface area contributed by atoms with E-state index in [1.54, 1.807) is 6.21 Å². The number of aromatic nitrogens is 1. The number of rotatable bonds is 5. The number of nitrogens with zero attached hydrogens (tertiary/aromatic N) is 1. The predicted molar refractivity (Wildman–Crippen MR) is 104 cm³/mol. The molecule has 0 spiro atoms. The molecule has 2 heterocycles. The van der Waals surface area contributed by atoms with Gasteiger partial charge in [-0.05, 0) is 42.0 Å². The van der Waals surface area contributed by atoms with Crippen LogP contribution in [0.4, 0.5) is 0 Å². The van der Waals surface area contributed by atoms with Gasteiger partial charge in [0.1, 0.15) is 5.78 Å². The van der Waals surface area contributed by atoms with E-state index in [1.807, 2.05) is 36.5 Å². The maximum Gasteiger partial charge on any atom is 0.272 e. The zero-order chi connectivity index (χ0) is 18.4. The number of benzene rings is 2. The summed E-state index contributed by atoms with van der Waals surface area (Å²) in [7, 11) is 0. The number of hydrazone groups is 1. The van der Waals surface area contributed by atoms with Crippen LogP contribution < -0.4 is 5.43 Å². The second-order valence-corrected chi connectivity index (χ2v) is 7.33. The molecule has 27 heavy (non-hydrogen) atoms. The van der Waals surface area contributed by atoms with Crippen molar-refractivity contribution < 1.29 is 9.59 Å². The molecule has 1 saturated carbocycles. The van der Waals surface area contributed by atoms with Crippen molar-refractivity contribution in [2.45, 2.75) is 25.2 Å². The average Bonchev–Trinajstić information content (AvgIpc) is 3.43. The third-order valence-electron chi connectivity index (χ3n) is 5.58. The van der Waals surface area contributed by atoms with Crippen molar-refractivity contribution >= 4 is 28.8 Å². The highest BCUT2D eigenvalue weighted by Crippen LogP contribution is 2.48. The number of carbonyl (C=O) groups is 2. The van der Waals surface area contributed by atoms with E-state index in [0.717, 1.165) is 28.5 Å². The molecule has 3 aromatic rings. The van der Waals surface area contributed by atoms with E-state index >= 15 is 0 Å². The Morgan fingerprint density at radius 3 is 2.89 bits per heavy atom. The smallest absolute Gasteiger partial charge is 0.272 e. The molecule has 1 aromatic heterocycles. The highest BCUT2D eigenvalue weighted by atomic mass is 16.2. The lowest BCUT2D eigenvalue weighted by Crippen LogP contribution is -2.16. The minimum absolute atomic E-state index is 0.145. The van der Waals surface area contributed by atoms with Crippen LogP contribution in [-0.4, -0.2) is 22.9 Å². The van der Waals surface area contributed by atoms with Gasteiger partial charge in [-0.1, -0.05) is 30.3 Å². The number of aryl methyl sites for hydroxylation is 1. The van der Waals surface area contributed by atoms with Crippen LogP contribution in [0.15, 0.2) is 53.8 Å². The largest absolute Gasteiger partial charge is 0.360 e. The van der Waals surface area contributed by atoms with E-state index in [9.17, 15) is 9.59 Å². The fourth-order valence-corrected chi connectivity index (χ4v) is 4.07. The molecule has 2 aromatic carbocycles. The molecule has 0 unspecified atom stereocenters. The minimum Gasteiger partial charge on any atom is -0.360 e. The molecule has 5 rings (SSSR count). The summed E-state index contributed by atoms with van der Waals surface area (Å²) in [4.78, 5) is 28.1. The minimum atomic E-state index is -0.214. The summed E-state index contributed by atoms with van der Waals surface area (Å²) in [6.07, 6.45) is 5.59. The molecule has 2 N–H and O–H groups in total. The van der Waals surface area contributed by atoms with E-state index in [2.05, 4.69) is 27.6 Å². The maximum atomic E-state index is 12.6. The van der Waals surface area contributed by atoms with E-state index < -0.39 is 0 Å². The van der Waals surface area contributed by atoms with E-state index in [4.69, 9.17) is 0 Å². The third kappa shape index (κ3) is 2.85. The van der Waals surface area contributed by atoms with Gasteiger partial charge in [0, 0.05) is 35.0 Å². The van der Waals surface area contributed by atoms with Crippen LogP contribution in [0.5, 0.6) is 0 Å². The maximum absolute atomic E-state index is 12.6. The Bertz CT molecular complexity index is 1080. The number of aromatic amines is 1. The summed E-state index contributed by atoms with van der Waals surface area (Å²) in [5.41, 5.74) is 7.19. The standard InChI is InChI=1S/C22H19N3O2/c26-20(17-10-16(17)14-4-2-1-3-5-14)7-6-13-8-18-21-15(11-23-19(21)9-13)12-24-25-22(18)27/h1-5,8-9,11-12,16-17,23H,6-7,10H2,(H,25,27)/t16-,17+/m0/s1. The number of hydrogen-bond acceptors (Lipinski definition) is 3. The molecule has 2 aliphatic rings. The number of carbonyl (C=O) groups excluding carboxylic acids is 2. The molecule has 1 aliphatic heterocycles. The first-order chi connectivity index (χ1) is 13.2. The lowest BCUT2D eigenvalue weighted by molar-refractivity contribution is -0.120. The highest BCUT2D eigenvalue weighted by molar-refractivity contribution is 6.14. The quantitative estimate of drug-likeness (QED) is 0.733. The molecular formula is C22H19N3O2. The summed E-state index contributed by atoms with van der Waals surface area (Å²) in [5.74, 6) is 0.620. The van der Waals surface area contributed by atoms with Crippen LogP contribution >= 0.6 is 0 Å². The molecule has 134 valence electrons. The Morgan fingerprint density at radius 2 is 2.04 bits per heavy atom. The van der Waals surface area contributed by atoms with Gasteiger partial charge in [-0.2, -0.15) is 5.10 Å². The number of H-pyrrole nitrogens is 1. The summed E-state index contributed by atoms with van der Waals surface area (Å²) in [6, 6.07) is 14.2. The van der Waals surface area contributed by atoms with Crippen molar-refractivity contribution in [1.82, 2.24) is 10.4 Å². The lowest BCUT2D eigenvalue weighted by atomic mass is 9.98. The number of Topliss-reactive ketones (excluding diaryl/α,β-unsaturated/α-hetero) is 1. The van der Waals surface area contributed by atoms with Gasteiger partial charge in [-0.25, -0.2) is 5.43 Å². The van der Waals surface area contributed by atoms with Crippen LogP contribution in [0, 0.1) is 5.92 Å². The fraction of sp³-hybridized carbons (Fsp3) is 0.227. The number of nitrogens with one attached hydrogen (secondary N) is 2. The van der Waals surface area contributed by atoms with Crippen molar-refractivity contribution in [2.24, 2.45) is 11.0 Å². The average molecular weight is 357 g/mol. The number of ketones is 1. The molecule has 1 aliphatic carbocycles. The van der Waals surface area contributed by atoms with Crippen molar-refractivity contribution in [3.05, 3.63) is 70.9 Å². The van der Waals surface area contributed by atoms with Gasteiger partial charge >= 0.3 is 0 Å². The van der Waals surface area contributed by atoms with Gasteiger partial charge in [0.2, 0.25) is 0 Å². The van der Waals surface area contributed by atoms with Gasteiger partial charge in [-0.3, -0.25) is 9.59 Å². The SMILES string of the molecule is O=C1NN=Cc2c[nH]c3cc(CCC(=O)[C@@H]4C[C@H]4c4ccccc4)cc1c23. The topological polar surface area (TPSA) is 74.3 Å². The van der Waals surface area contributed by atoms with Crippen LogP contribution in [0.3, 0.4) is 0 Å². The second-order valence-electron chi connectivity index (χ2n) is 7.33. The normalized spacial score (nSPS) is 20.4. The van der Waals surface area contributed by atoms with Crippen molar-refractivity contribution in [3.8, 4) is 0 Å². The van der Waals surface area contributed by atoms with Crippen molar-refractivity contribution in [2.75, 3.05) is 0 Å². The Morgan fingerprint density at radius 1 is 1.19 bits per heavy atom. The Balaban J connectivity index is 1.32. The van der Waals surface area contributed by atoms with Gasteiger partial charge in [0.25, 0.3) is 5.91 Å². The number of amides is 1. The number of hydrogen-bond donors (Lipinski definition) is 2. The molecule has 1 amide bonds. The van der Waals surface area contributed by atoms with Gasteiger partial charge in [0.05, 0.1) is 11.8 Å². The second kappa shape index (κ2) is 6.20. The van der Waals surface area contributed by atoms with E-state index in [0.29, 0.717) is 30.1 Å². The fourth-order valence-electron chi connectivity index (χ4n) is 4.07. The third-order valence-corrected chi connectivity index (χ3v) is 5.58. The van der Waals surface area contributed by atoms with Crippen LogP contribution in [0.1, 0.15) is 45.8 Å². The van der Waals surface area contributed by atoms with Gasteiger partial charge < -0.3 is 4.98 Å². The zero-order valence-electron chi connectivity index (χ0n) is 14.7. The monoisotopic (exact) mass is 357 g/mol. The Kier molecular flexibility index (Phi) is 3.67. The molecule has 0 radical (unpaired) electrons. The molecule has 0 saturated heterocycles. The van der Waals surface area contributed by atoms with Gasteiger partial charge in [0.15, 0.2) is 0 Å². The predicted octanol–water partition coefficient (Wildman–Crippen LogP) is 3.55. The zero-order valence-corrected chi connectivity index (χ0v) is 14.7. The summed E-state index contributed by atoms with van der Waals surface area (Å²) >= 11 is 0. The molecule has 5 heteroatoms. The van der Waals surface area contributed by atoms with Crippen LogP contribution in [0.2, 0.25) is 0 Å². The first-order valence-electron chi connectivity index (χ1n) is 9.26. The first-order valence-corrected chi connectivity index (χ1v) is 9.26. The molecule has 1 fully saturated rings. The summed E-state index contributed by atoms with van der Waals surface area (Å²) < 4.78 is 0. The molecule has 2 atom stereocenters. The summed E-state index contributed by atoms with van der Waals surface area (Å²) in [5, 5.41) is 4.82. The molecular weight excluding hydrogens is 338 g/mol. The molecule has 5 nitrogen and oxygen atoms in total. The lowest BCUT2D eigenvalue weighted by Gasteiger charge is -2.07. The van der Waals surface area contributed by atoms with Crippen molar-refractivity contribution in [3.63, 3.8) is 0 Å². The summed E-state index contributed by atoms with van der Waals surface area (Å²) in [6.45, 7) is 0. The van der Waals surface area contributed by atoms with Crippen LogP contribution in [-0.2, 0) is 11.2 Å². The highest BCUT2D eigenvalue weighted by Gasteiger charge is 2.42. The molecule has 0 bridgehead atoms. The van der Waals surface area contributed by atoms with Crippen LogP contribution in [0.25, 0.3) is 10.9 Å². The van der Waals surface area contributed by atoms with Crippen molar-refractivity contribution in [1.29, 1.82) is 0 Å². The van der Waals surface area contributed by atoms with E-state index in [-0.39, 0.29) is 11.8 Å². The van der Waals surface area contributed by atoms with Gasteiger partial charge in [-0.15, -0.1) is 0 Å².